The van der Waals surface area contributed by atoms with E-state index in [0.717, 1.165) is 11.1 Å². The number of pyridine rings is 1. The molecule has 4 nitrogen and oxygen atoms in total. The molecule has 0 radical (unpaired) electrons. The van der Waals surface area contributed by atoms with Crippen molar-refractivity contribution >= 4 is 5.97 Å². The van der Waals surface area contributed by atoms with Gasteiger partial charge in [-0.25, -0.2) is 0 Å². The number of rotatable bonds is 2. The van der Waals surface area contributed by atoms with E-state index in [1.807, 2.05) is 13.0 Å². The van der Waals surface area contributed by atoms with Crippen LogP contribution in [0.15, 0.2) is 18.5 Å². The number of aromatic nitrogens is 1. The minimum Gasteiger partial charge on any atom is -0.481 e. The Hall–Kier alpha value is -1.42. The number of aliphatic hydroxyl groups is 1. The first-order valence-electron chi connectivity index (χ1n) is 5.89. The Morgan fingerprint density at radius 3 is 2.65 bits per heavy atom. The minimum atomic E-state index is -0.864. The monoisotopic (exact) mass is 235 g/mol. The van der Waals surface area contributed by atoms with E-state index in [1.165, 1.54) is 0 Å². The van der Waals surface area contributed by atoms with Crippen LogP contribution < -0.4 is 0 Å². The molecule has 0 amide bonds. The molecule has 0 atom stereocenters. The molecule has 0 spiro atoms. The summed E-state index contributed by atoms with van der Waals surface area (Å²) in [6, 6.07) is 1.84. The van der Waals surface area contributed by atoms with Gasteiger partial charge in [-0.2, -0.15) is 0 Å². The van der Waals surface area contributed by atoms with E-state index in [1.54, 1.807) is 12.4 Å². The fourth-order valence-electron chi connectivity index (χ4n) is 2.66. The molecule has 17 heavy (non-hydrogen) atoms. The molecule has 0 aromatic carbocycles. The van der Waals surface area contributed by atoms with Gasteiger partial charge >= 0.3 is 5.97 Å². The van der Waals surface area contributed by atoms with Crippen molar-refractivity contribution in [2.24, 2.45) is 0 Å². The van der Waals surface area contributed by atoms with Gasteiger partial charge in [0.25, 0.3) is 0 Å². The molecule has 1 aromatic rings. The highest BCUT2D eigenvalue weighted by atomic mass is 16.4. The Balaban J connectivity index is 2.42. The summed E-state index contributed by atoms with van der Waals surface area (Å²) in [5.41, 5.74) is 0.885. The summed E-state index contributed by atoms with van der Waals surface area (Å²) in [5, 5.41) is 19.1. The maximum atomic E-state index is 11.6. The van der Waals surface area contributed by atoms with E-state index in [2.05, 4.69) is 4.98 Å². The molecule has 1 fully saturated rings. The molecule has 2 N–H and O–H groups in total. The van der Waals surface area contributed by atoms with Crippen LogP contribution in [-0.4, -0.2) is 27.3 Å². The van der Waals surface area contributed by atoms with Crippen LogP contribution in [0.4, 0.5) is 0 Å². The van der Waals surface area contributed by atoms with Crippen LogP contribution in [0.3, 0.4) is 0 Å². The van der Waals surface area contributed by atoms with Crippen molar-refractivity contribution in [1.82, 2.24) is 4.98 Å². The summed E-state index contributed by atoms with van der Waals surface area (Å²) in [5.74, 6) is -0.805. The summed E-state index contributed by atoms with van der Waals surface area (Å²) in [6.07, 6.45) is 5.01. The van der Waals surface area contributed by atoms with Crippen LogP contribution in [0.1, 0.15) is 36.8 Å². The SMILES string of the molecule is Cc1ccncc1C1(C(=O)O)CCC(O)CC1. The molecular formula is C13H17NO3. The lowest BCUT2D eigenvalue weighted by Gasteiger charge is -2.36. The second kappa shape index (κ2) is 4.45. The number of carbonyl (C=O) groups is 1. The number of carboxylic acid groups (broad SMARTS) is 1. The highest BCUT2D eigenvalue weighted by Gasteiger charge is 2.44. The van der Waals surface area contributed by atoms with Crippen molar-refractivity contribution in [2.45, 2.75) is 44.1 Å². The van der Waals surface area contributed by atoms with E-state index in [9.17, 15) is 15.0 Å². The van der Waals surface area contributed by atoms with Crippen molar-refractivity contribution in [2.75, 3.05) is 0 Å². The predicted molar refractivity (Wildman–Crippen MR) is 62.8 cm³/mol. The zero-order chi connectivity index (χ0) is 12.5. The Morgan fingerprint density at radius 1 is 1.47 bits per heavy atom. The molecule has 2 rings (SSSR count). The van der Waals surface area contributed by atoms with E-state index < -0.39 is 11.4 Å². The average Bonchev–Trinajstić information content (AvgIpc) is 2.31. The van der Waals surface area contributed by atoms with Crippen molar-refractivity contribution < 1.29 is 15.0 Å². The quantitative estimate of drug-likeness (QED) is 0.817. The lowest BCUT2D eigenvalue weighted by Crippen LogP contribution is -2.41. The average molecular weight is 235 g/mol. The highest BCUT2D eigenvalue weighted by molar-refractivity contribution is 5.82. The maximum Gasteiger partial charge on any atom is 0.314 e. The van der Waals surface area contributed by atoms with Gasteiger partial charge in [0, 0.05) is 12.4 Å². The summed E-state index contributed by atoms with van der Waals surface area (Å²) >= 11 is 0. The first kappa shape index (κ1) is 12.0. The minimum absolute atomic E-state index is 0.362. The van der Waals surface area contributed by atoms with Crippen molar-refractivity contribution in [3.63, 3.8) is 0 Å². The van der Waals surface area contributed by atoms with E-state index in [0.29, 0.717) is 25.7 Å². The molecule has 1 aliphatic rings. The fraction of sp³-hybridized carbons (Fsp3) is 0.538. The smallest absolute Gasteiger partial charge is 0.314 e. The molecule has 0 aliphatic heterocycles. The highest BCUT2D eigenvalue weighted by Crippen LogP contribution is 2.40. The van der Waals surface area contributed by atoms with Crippen LogP contribution in [0, 0.1) is 6.92 Å². The zero-order valence-corrected chi connectivity index (χ0v) is 9.89. The third-order valence-corrected chi connectivity index (χ3v) is 3.77. The molecule has 1 aromatic heterocycles. The third-order valence-electron chi connectivity index (χ3n) is 3.77. The van der Waals surface area contributed by atoms with Gasteiger partial charge < -0.3 is 10.2 Å². The fourth-order valence-corrected chi connectivity index (χ4v) is 2.66. The Labute approximate surface area is 100 Å². The number of hydrogen-bond acceptors (Lipinski definition) is 3. The Morgan fingerprint density at radius 2 is 2.12 bits per heavy atom. The van der Waals surface area contributed by atoms with Gasteiger partial charge in [-0.3, -0.25) is 9.78 Å². The Kier molecular flexibility index (Phi) is 3.15. The Bertz CT molecular complexity index is 422. The molecule has 1 heterocycles. The topological polar surface area (TPSA) is 70.4 Å². The van der Waals surface area contributed by atoms with Gasteiger partial charge in [-0.15, -0.1) is 0 Å². The van der Waals surface area contributed by atoms with Crippen molar-refractivity contribution in [1.29, 1.82) is 0 Å². The third kappa shape index (κ3) is 2.05. The summed E-state index contributed by atoms with van der Waals surface area (Å²) in [4.78, 5) is 15.7. The molecule has 4 heteroatoms. The van der Waals surface area contributed by atoms with Crippen LogP contribution in [0.2, 0.25) is 0 Å². The van der Waals surface area contributed by atoms with Crippen molar-refractivity contribution in [3.05, 3.63) is 29.6 Å². The van der Waals surface area contributed by atoms with Crippen LogP contribution >= 0.6 is 0 Å². The first-order chi connectivity index (χ1) is 8.06. The second-order valence-corrected chi connectivity index (χ2v) is 4.81. The molecule has 92 valence electrons. The van der Waals surface area contributed by atoms with Gasteiger partial charge in [-0.1, -0.05) is 0 Å². The van der Waals surface area contributed by atoms with Gasteiger partial charge in [-0.05, 0) is 49.8 Å². The molecular weight excluding hydrogens is 218 g/mol. The standard InChI is InChI=1S/C13H17NO3/c1-9-4-7-14-8-11(9)13(12(16)17)5-2-10(15)3-6-13/h4,7-8,10,15H,2-3,5-6H2,1H3,(H,16,17). The summed E-state index contributed by atoms with van der Waals surface area (Å²) in [7, 11) is 0. The number of nitrogens with zero attached hydrogens (tertiary/aromatic N) is 1. The van der Waals surface area contributed by atoms with E-state index in [-0.39, 0.29) is 6.10 Å². The van der Waals surface area contributed by atoms with E-state index >= 15 is 0 Å². The molecule has 1 aliphatic carbocycles. The normalized spacial score (nSPS) is 28.9. The largest absolute Gasteiger partial charge is 0.481 e. The van der Waals surface area contributed by atoms with Crippen LogP contribution in [-0.2, 0) is 10.2 Å². The van der Waals surface area contributed by atoms with E-state index in [4.69, 9.17) is 0 Å². The van der Waals surface area contributed by atoms with Crippen LogP contribution in [0.5, 0.6) is 0 Å². The zero-order valence-electron chi connectivity index (χ0n) is 9.89. The molecule has 1 saturated carbocycles. The summed E-state index contributed by atoms with van der Waals surface area (Å²) in [6.45, 7) is 1.91. The lowest BCUT2D eigenvalue weighted by atomic mass is 9.68. The number of aliphatic carboxylic acids is 1. The lowest BCUT2D eigenvalue weighted by molar-refractivity contribution is -0.146. The van der Waals surface area contributed by atoms with Crippen LogP contribution in [0.25, 0.3) is 0 Å². The molecule has 0 bridgehead atoms. The first-order valence-corrected chi connectivity index (χ1v) is 5.89. The van der Waals surface area contributed by atoms with Crippen molar-refractivity contribution in [3.8, 4) is 0 Å². The second-order valence-electron chi connectivity index (χ2n) is 4.81. The van der Waals surface area contributed by atoms with Gasteiger partial charge in [0.2, 0.25) is 0 Å². The number of carboxylic acids is 1. The van der Waals surface area contributed by atoms with Gasteiger partial charge in [0.05, 0.1) is 11.5 Å². The summed E-state index contributed by atoms with van der Waals surface area (Å²) < 4.78 is 0. The molecule has 0 saturated heterocycles. The van der Waals surface area contributed by atoms with Gasteiger partial charge in [0.1, 0.15) is 0 Å². The number of hydrogen-bond donors (Lipinski definition) is 2. The maximum absolute atomic E-state index is 11.6. The number of aliphatic hydroxyl groups excluding tert-OH is 1. The number of aryl methyl sites for hydroxylation is 1. The molecule has 0 unspecified atom stereocenters. The predicted octanol–water partition coefficient (Wildman–Crippen LogP) is 1.65. The van der Waals surface area contributed by atoms with Gasteiger partial charge in [0.15, 0.2) is 0 Å².